The van der Waals surface area contributed by atoms with Crippen LogP contribution in [-0.2, 0) is 5.54 Å². The van der Waals surface area contributed by atoms with Gasteiger partial charge in [0.1, 0.15) is 0 Å². The predicted octanol–water partition coefficient (Wildman–Crippen LogP) is 3.22. The van der Waals surface area contributed by atoms with Gasteiger partial charge < -0.3 is 5.73 Å². The van der Waals surface area contributed by atoms with Crippen LogP contribution in [0.25, 0.3) is 0 Å². The van der Waals surface area contributed by atoms with Gasteiger partial charge >= 0.3 is 0 Å². The molecule has 1 heteroatoms. The monoisotopic (exact) mass is 191 g/mol. The molecule has 1 aromatic rings. The number of hydrogen-bond donors (Lipinski definition) is 1. The lowest BCUT2D eigenvalue weighted by Crippen LogP contribution is -2.34. The van der Waals surface area contributed by atoms with E-state index >= 15 is 0 Å². The van der Waals surface area contributed by atoms with Gasteiger partial charge in [-0.25, -0.2) is 0 Å². The van der Waals surface area contributed by atoms with E-state index in [1.54, 1.807) is 0 Å². The maximum absolute atomic E-state index is 6.31. The first-order valence-corrected chi connectivity index (χ1v) is 5.28. The minimum absolute atomic E-state index is 0.194. The molecule has 14 heavy (non-hydrogen) atoms. The highest BCUT2D eigenvalue weighted by molar-refractivity contribution is 5.28. The van der Waals surface area contributed by atoms with Crippen molar-refractivity contribution in [3.05, 3.63) is 35.4 Å². The zero-order valence-electron chi connectivity index (χ0n) is 9.67. The Morgan fingerprint density at radius 1 is 1.36 bits per heavy atom. The molecule has 0 aliphatic rings. The second kappa shape index (κ2) is 4.14. The van der Waals surface area contributed by atoms with E-state index in [9.17, 15) is 0 Å². The maximum atomic E-state index is 6.31. The Morgan fingerprint density at radius 3 is 2.50 bits per heavy atom. The molecule has 1 atom stereocenters. The first kappa shape index (κ1) is 11.3. The smallest absolute Gasteiger partial charge is 0.0383 e. The van der Waals surface area contributed by atoms with Crippen LogP contribution in [-0.4, -0.2) is 0 Å². The number of rotatable bonds is 3. The van der Waals surface area contributed by atoms with Crippen molar-refractivity contribution in [2.45, 2.75) is 39.7 Å². The zero-order chi connectivity index (χ0) is 10.8. The topological polar surface area (TPSA) is 26.0 Å². The minimum atomic E-state index is -0.194. The molecule has 0 fully saturated rings. The summed E-state index contributed by atoms with van der Waals surface area (Å²) >= 11 is 0. The maximum Gasteiger partial charge on any atom is 0.0383 e. The lowest BCUT2D eigenvalue weighted by molar-refractivity contribution is 0.380. The second-order valence-electron chi connectivity index (χ2n) is 4.88. The second-order valence-corrected chi connectivity index (χ2v) is 4.88. The zero-order valence-corrected chi connectivity index (χ0v) is 9.67. The Balaban J connectivity index is 2.91. The van der Waals surface area contributed by atoms with Crippen molar-refractivity contribution in [1.29, 1.82) is 0 Å². The van der Waals surface area contributed by atoms with Gasteiger partial charge in [0.05, 0.1) is 0 Å². The highest BCUT2D eigenvalue weighted by Crippen LogP contribution is 2.25. The number of hydrogen-bond acceptors (Lipinski definition) is 1. The molecule has 2 N–H and O–H groups in total. The van der Waals surface area contributed by atoms with Gasteiger partial charge in [0.2, 0.25) is 0 Å². The molecule has 1 nitrogen and oxygen atoms in total. The van der Waals surface area contributed by atoms with Crippen molar-refractivity contribution < 1.29 is 0 Å². The minimum Gasteiger partial charge on any atom is -0.322 e. The number of benzene rings is 1. The van der Waals surface area contributed by atoms with Gasteiger partial charge in [-0.3, -0.25) is 0 Å². The van der Waals surface area contributed by atoms with Gasteiger partial charge in [-0.15, -0.1) is 0 Å². The highest BCUT2D eigenvalue weighted by Gasteiger charge is 2.22. The fraction of sp³-hybridized carbons (Fsp3) is 0.538. The summed E-state index contributed by atoms with van der Waals surface area (Å²) in [5, 5.41) is 0. The third-order valence-electron chi connectivity index (χ3n) is 2.51. The van der Waals surface area contributed by atoms with Crippen LogP contribution in [0.4, 0.5) is 0 Å². The van der Waals surface area contributed by atoms with E-state index in [0.29, 0.717) is 5.92 Å². The van der Waals surface area contributed by atoms with Gasteiger partial charge in [-0.1, -0.05) is 43.7 Å². The standard InChI is InChI=1S/C13H21N/c1-10(2)9-13(4,14)12-7-5-6-11(3)8-12/h5-8,10H,9,14H2,1-4H3. The van der Waals surface area contributed by atoms with Gasteiger partial charge in [0, 0.05) is 5.54 Å². The van der Waals surface area contributed by atoms with Gasteiger partial charge in [0.15, 0.2) is 0 Å². The summed E-state index contributed by atoms with van der Waals surface area (Å²) in [7, 11) is 0. The summed E-state index contributed by atoms with van der Waals surface area (Å²) in [5.74, 6) is 0.630. The summed E-state index contributed by atoms with van der Waals surface area (Å²) in [6.07, 6.45) is 1.02. The Hall–Kier alpha value is -0.820. The molecule has 1 aromatic carbocycles. The van der Waals surface area contributed by atoms with E-state index in [1.165, 1.54) is 11.1 Å². The molecule has 0 aromatic heterocycles. The van der Waals surface area contributed by atoms with Crippen LogP contribution in [0, 0.1) is 12.8 Å². The van der Waals surface area contributed by atoms with Crippen molar-refractivity contribution in [3.8, 4) is 0 Å². The summed E-state index contributed by atoms with van der Waals surface area (Å²) in [4.78, 5) is 0. The number of aryl methyl sites for hydroxylation is 1. The molecule has 1 rings (SSSR count). The molecule has 0 saturated heterocycles. The van der Waals surface area contributed by atoms with E-state index in [1.807, 2.05) is 0 Å². The van der Waals surface area contributed by atoms with E-state index < -0.39 is 0 Å². The van der Waals surface area contributed by atoms with Crippen LogP contribution in [0.5, 0.6) is 0 Å². The lowest BCUT2D eigenvalue weighted by Gasteiger charge is -2.27. The normalized spacial score (nSPS) is 15.6. The van der Waals surface area contributed by atoms with Gasteiger partial charge in [-0.05, 0) is 31.7 Å². The molecule has 0 spiro atoms. The Morgan fingerprint density at radius 2 is 2.00 bits per heavy atom. The van der Waals surface area contributed by atoms with Crippen LogP contribution >= 0.6 is 0 Å². The molecular formula is C13H21N. The first-order chi connectivity index (χ1) is 6.42. The van der Waals surface area contributed by atoms with Crippen molar-refractivity contribution in [2.24, 2.45) is 11.7 Å². The molecule has 0 bridgehead atoms. The third-order valence-corrected chi connectivity index (χ3v) is 2.51. The third kappa shape index (κ3) is 2.85. The fourth-order valence-corrected chi connectivity index (χ4v) is 1.97. The summed E-state index contributed by atoms with van der Waals surface area (Å²) < 4.78 is 0. The Kier molecular flexibility index (Phi) is 3.33. The fourth-order valence-electron chi connectivity index (χ4n) is 1.97. The summed E-state index contributed by atoms with van der Waals surface area (Å²) in [6, 6.07) is 8.49. The van der Waals surface area contributed by atoms with Crippen LogP contribution in [0.3, 0.4) is 0 Å². The number of nitrogens with two attached hydrogens (primary N) is 1. The van der Waals surface area contributed by atoms with Gasteiger partial charge in [0.25, 0.3) is 0 Å². The Labute approximate surface area is 87.3 Å². The van der Waals surface area contributed by atoms with Gasteiger partial charge in [-0.2, -0.15) is 0 Å². The van der Waals surface area contributed by atoms with Crippen LogP contribution in [0.1, 0.15) is 38.3 Å². The average Bonchev–Trinajstić information content (AvgIpc) is 2.01. The van der Waals surface area contributed by atoms with Crippen LogP contribution in [0.2, 0.25) is 0 Å². The van der Waals surface area contributed by atoms with Crippen LogP contribution in [0.15, 0.2) is 24.3 Å². The van der Waals surface area contributed by atoms with Crippen molar-refractivity contribution in [3.63, 3.8) is 0 Å². The van der Waals surface area contributed by atoms with Crippen molar-refractivity contribution in [2.75, 3.05) is 0 Å². The molecule has 78 valence electrons. The van der Waals surface area contributed by atoms with E-state index in [4.69, 9.17) is 5.73 Å². The average molecular weight is 191 g/mol. The highest BCUT2D eigenvalue weighted by atomic mass is 14.7. The lowest BCUT2D eigenvalue weighted by atomic mass is 9.84. The van der Waals surface area contributed by atoms with Crippen LogP contribution < -0.4 is 5.73 Å². The molecule has 0 heterocycles. The van der Waals surface area contributed by atoms with E-state index in [2.05, 4.69) is 52.0 Å². The quantitative estimate of drug-likeness (QED) is 0.780. The predicted molar refractivity (Wildman–Crippen MR) is 62.2 cm³/mol. The van der Waals surface area contributed by atoms with E-state index in [-0.39, 0.29) is 5.54 Å². The van der Waals surface area contributed by atoms with Crippen molar-refractivity contribution >= 4 is 0 Å². The summed E-state index contributed by atoms with van der Waals surface area (Å²) in [6.45, 7) is 8.64. The SMILES string of the molecule is Cc1cccc(C(C)(N)CC(C)C)c1. The molecule has 0 saturated carbocycles. The molecule has 0 amide bonds. The molecule has 0 radical (unpaired) electrons. The Bertz CT molecular complexity index is 300. The largest absolute Gasteiger partial charge is 0.322 e. The van der Waals surface area contributed by atoms with E-state index in [0.717, 1.165) is 6.42 Å². The van der Waals surface area contributed by atoms with Crippen molar-refractivity contribution in [1.82, 2.24) is 0 Å². The summed E-state index contributed by atoms with van der Waals surface area (Å²) in [5.41, 5.74) is 8.64. The molecular weight excluding hydrogens is 170 g/mol. The first-order valence-electron chi connectivity index (χ1n) is 5.28. The molecule has 0 aliphatic heterocycles. The molecule has 0 aliphatic carbocycles. The molecule has 1 unspecified atom stereocenters.